The van der Waals surface area contributed by atoms with Gasteiger partial charge in [-0.2, -0.15) is 5.10 Å². The molecule has 1 aromatic rings. The first-order valence-corrected chi connectivity index (χ1v) is 6.17. The second kappa shape index (κ2) is 5.31. The molecule has 1 amide bonds. The number of aryl methyl sites for hydroxylation is 1. The Morgan fingerprint density at radius 3 is 3.06 bits per heavy atom. The zero-order chi connectivity index (χ0) is 12.3. The van der Waals surface area contributed by atoms with E-state index < -0.39 is 0 Å². The molecule has 1 atom stereocenters. The Morgan fingerprint density at radius 2 is 2.47 bits per heavy atom. The average molecular weight is 236 g/mol. The number of hydrogen-bond acceptors (Lipinski definition) is 3. The minimum atomic E-state index is -0.0132. The molecule has 1 saturated heterocycles. The molecule has 0 radical (unpaired) electrons. The number of carbonyl (C=O) groups is 1. The van der Waals surface area contributed by atoms with Gasteiger partial charge in [-0.05, 0) is 26.3 Å². The maximum absolute atomic E-state index is 11.9. The Morgan fingerprint density at radius 1 is 1.65 bits per heavy atom. The Bertz CT molecular complexity index is 393. The molecule has 0 aliphatic carbocycles. The van der Waals surface area contributed by atoms with Gasteiger partial charge < -0.3 is 10.6 Å². The fraction of sp³-hybridized carbons (Fsp3) is 0.667. The maximum atomic E-state index is 11.9. The number of piperidine rings is 1. The Kier molecular flexibility index (Phi) is 3.78. The molecule has 94 valence electrons. The minimum absolute atomic E-state index is 0.0132. The highest BCUT2D eigenvalue weighted by Gasteiger charge is 2.20. The quantitative estimate of drug-likeness (QED) is 0.803. The van der Waals surface area contributed by atoms with Gasteiger partial charge in [0.15, 0.2) is 0 Å². The van der Waals surface area contributed by atoms with E-state index in [-0.39, 0.29) is 11.9 Å². The van der Waals surface area contributed by atoms with E-state index in [1.54, 1.807) is 0 Å². The average Bonchev–Trinajstić information content (AvgIpc) is 2.68. The predicted molar refractivity (Wildman–Crippen MR) is 65.4 cm³/mol. The molecule has 0 bridgehead atoms. The van der Waals surface area contributed by atoms with Gasteiger partial charge in [0, 0.05) is 24.8 Å². The monoisotopic (exact) mass is 236 g/mol. The van der Waals surface area contributed by atoms with E-state index in [4.69, 9.17) is 0 Å². The summed E-state index contributed by atoms with van der Waals surface area (Å²) >= 11 is 0. The fourth-order valence-corrected chi connectivity index (χ4v) is 2.10. The molecule has 0 spiro atoms. The van der Waals surface area contributed by atoms with Crippen molar-refractivity contribution in [2.75, 3.05) is 6.54 Å². The lowest BCUT2D eigenvalue weighted by atomic mass is 10.0. The molecule has 17 heavy (non-hydrogen) atoms. The van der Waals surface area contributed by atoms with Crippen molar-refractivity contribution >= 4 is 5.91 Å². The van der Waals surface area contributed by atoms with Crippen molar-refractivity contribution < 1.29 is 4.79 Å². The van der Waals surface area contributed by atoms with Gasteiger partial charge in [0.05, 0.1) is 12.2 Å². The number of aromatic nitrogens is 2. The minimum Gasteiger partial charge on any atom is -0.351 e. The first-order chi connectivity index (χ1) is 8.18. The van der Waals surface area contributed by atoms with Crippen LogP contribution in [0.15, 0.2) is 6.20 Å². The Labute approximate surface area is 102 Å². The van der Waals surface area contributed by atoms with Gasteiger partial charge >= 0.3 is 0 Å². The van der Waals surface area contributed by atoms with Crippen LogP contribution < -0.4 is 10.6 Å². The van der Waals surface area contributed by atoms with Gasteiger partial charge in [-0.15, -0.1) is 0 Å². The molecule has 5 heteroatoms. The summed E-state index contributed by atoms with van der Waals surface area (Å²) in [6, 6.07) is -0.0132. The van der Waals surface area contributed by atoms with E-state index in [2.05, 4.69) is 15.7 Å². The van der Waals surface area contributed by atoms with Crippen molar-refractivity contribution in [3.05, 3.63) is 17.5 Å². The highest BCUT2D eigenvalue weighted by atomic mass is 16.2. The Balaban J connectivity index is 1.85. The third-order valence-electron chi connectivity index (χ3n) is 3.42. The van der Waals surface area contributed by atoms with Gasteiger partial charge in [-0.1, -0.05) is 6.42 Å². The molecule has 5 nitrogen and oxygen atoms in total. The van der Waals surface area contributed by atoms with Crippen LogP contribution >= 0.6 is 0 Å². The lowest BCUT2D eigenvalue weighted by molar-refractivity contribution is -0.123. The summed E-state index contributed by atoms with van der Waals surface area (Å²) in [7, 11) is 1.91. The van der Waals surface area contributed by atoms with Crippen LogP contribution in [0.4, 0.5) is 0 Å². The van der Waals surface area contributed by atoms with Crippen molar-refractivity contribution in [3.63, 3.8) is 0 Å². The molecule has 2 heterocycles. The van der Waals surface area contributed by atoms with Gasteiger partial charge in [0.1, 0.15) is 0 Å². The topological polar surface area (TPSA) is 59.0 Å². The third-order valence-corrected chi connectivity index (χ3v) is 3.42. The second-order valence-corrected chi connectivity index (χ2v) is 4.60. The molecule has 1 aliphatic rings. The summed E-state index contributed by atoms with van der Waals surface area (Å²) in [6.45, 7) is 3.52. The van der Waals surface area contributed by atoms with E-state index in [9.17, 15) is 4.79 Å². The van der Waals surface area contributed by atoms with Crippen molar-refractivity contribution in [2.45, 2.75) is 38.8 Å². The number of rotatable bonds is 3. The largest absolute Gasteiger partial charge is 0.351 e. The van der Waals surface area contributed by atoms with Crippen LogP contribution in [0.1, 0.15) is 30.5 Å². The van der Waals surface area contributed by atoms with E-state index in [0.29, 0.717) is 6.54 Å². The predicted octanol–water partition coefficient (Wildman–Crippen LogP) is 0.487. The third kappa shape index (κ3) is 2.85. The molecule has 1 aliphatic heterocycles. The smallest absolute Gasteiger partial charge is 0.237 e. The lowest BCUT2D eigenvalue weighted by Gasteiger charge is -2.22. The zero-order valence-electron chi connectivity index (χ0n) is 10.5. The van der Waals surface area contributed by atoms with Gasteiger partial charge in [0.2, 0.25) is 5.91 Å². The van der Waals surface area contributed by atoms with E-state index in [1.807, 2.05) is 24.9 Å². The van der Waals surface area contributed by atoms with E-state index >= 15 is 0 Å². The lowest BCUT2D eigenvalue weighted by Crippen LogP contribution is -2.46. The first kappa shape index (κ1) is 12.1. The summed E-state index contributed by atoms with van der Waals surface area (Å²) < 4.78 is 1.82. The molecule has 2 N–H and O–H groups in total. The molecular weight excluding hydrogens is 216 g/mol. The highest BCUT2D eigenvalue weighted by molar-refractivity contribution is 5.81. The summed E-state index contributed by atoms with van der Waals surface area (Å²) in [4.78, 5) is 11.9. The normalized spacial score (nSPS) is 20.2. The molecule has 0 aromatic carbocycles. The molecule has 0 saturated carbocycles. The molecule has 1 aromatic heterocycles. The maximum Gasteiger partial charge on any atom is 0.237 e. The van der Waals surface area contributed by atoms with Crippen LogP contribution in [0.2, 0.25) is 0 Å². The van der Waals surface area contributed by atoms with Crippen LogP contribution in [-0.4, -0.2) is 28.3 Å². The number of nitrogens with one attached hydrogen (secondary N) is 2. The number of amides is 1. The van der Waals surface area contributed by atoms with Gasteiger partial charge in [-0.3, -0.25) is 9.48 Å². The van der Waals surface area contributed by atoms with Crippen LogP contribution in [0, 0.1) is 6.92 Å². The van der Waals surface area contributed by atoms with E-state index in [1.165, 1.54) is 6.42 Å². The van der Waals surface area contributed by atoms with Crippen molar-refractivity contribution in [1.82, 2.24) is 20.4 Å². The van der Waals surface area contributed by atoms with Crippen LogP contribution in [0.5, 0.6) is 0 Å². The van der Waals surface area contributed by atoms with Gasteiger partial charge in [0.25, 0.3) is 0 Å². The molecular formula is C12H20N4O. The Hall–Kier alpha value is -1.36. The van der Waals surface area contributed by atoms with Crippen LogP contribution in [-0.2, 0) is 18.4 Å². The van der Waals surface area contributed by atoms with Crippen molar-refractivity contribution in [1.29, 1.82) is 0 Å². The van der Waals surface area contributed by atoms with Crippen LogP contribution in [0.25, 0.3) is 0 Å². The number of nitrogens with zero attached hydrogens (tertiary/aromatic N) is 2. The van der Waals surface area contributed by atoms with E-state index in [0.717, 1.165) is 30.6 Å². The zero-order valence-corrected chi connectivity index (χ0v) is 10.5. The first-order valence-electron chi connectivity index (χ1n) is 6.17. The molecule has 1 fully saturated rings. The summed E-state index contributed by atoms with van der Waals surface area (Å²) in [5.74, 6) is 0.105. The van der Waals surface area contributed by atoms with Crippen LogP contribution in [0.3, 0.4) is 0 Å². The number of hydrogen-bond donors (Lipinski definition) is 2. The van der Waals surface area contributed by atoms with Crippen molar-refractivity contribution in [3.8, 4) is 0 Å². The second-order valence-electron chi connectivity index (χ2n) is 4.60. The molecule has 2 rings (SSSR count). The standard InChI is InChI=1S/C12H20N4O/c1-9-10(8-15-16(9)2)7-14-12(17)11-5-3-4-6-13-11/h8,11,13H,3-7H2,1-2H3,(H,14,17)/t11-/m0/s1. The fourth-order valence-electron chi connectivity index (χ4n) is 2.10. The van der Waals surface area contributed by atoms with Gasteiger partial charge in [-0.25, -0.2) is 0 Å². The highest BCUT2D eigenvalue weighted by Crippen LogP contribution is 2.08. The molecule has 0 unspecified atom stereocenters. The summed E-state index contributed by atoms with van der Waals surface area (Å²) in [5, 5.41) is 10.4. The summed E-state index contributed by atoms with van der Waals surface area (Å²) in [6.07, 6.45) is 5.06. The van der Waals surface area contributed by atoms with Crippen molar-refractivity contribution in [2.24, 2.45) is 7.05 Å². The number of carbonyl (C=O) groups excluding carboxylic acids is 1. The SMILES string of the molecule is Cc1c(CNC(=O)[C@@H]2CCCCN2)cnn1C. The summed E-state index contributed by atoms with van der Waals surface area (Å²) in [5.41, 5.74) is 2.18.